The standard InChI is InChI=1S/C22H22Cl3N3O5/c1-12-4-3-7-27(11-12)19-6-5-14(8-20(19)28(31)32)22(30)33-13(2)21(29)26-18-10-16(24)15(23)9-17(18)25/h5-6,8-10,12-13H,3-4,7,11H2,1-2H3,(H,26,29)/t12-,13+/m1/s1. The van der Waals surface area contributed by atoms with Crippen LogP contribution in [0.5, 0.6) is 0 Å². The average Bonchev–Trinajstić information content (AvgIpc) is 2.76. The van der Waals surface area contributed by atoms with Crippen molar-refractivity contribution < 1.29 is 19.2 Å². The highest BCUT2D eigenvalue weighted by Gasteiger charge is 2.27. The fourth-order valence-electron chi connectivity index (χ4n) is 3.61. The molecule has 0 aromatic heterocycles. The Bertz CT molecular complexity index is 1100. The molecule has 0 radical (unpaired) electrons. The van der Waals surface area contributed by atoms with Crippen LogP contribution in [-0.4, -0.2) is 36.0 Å². The van der Waals surface area contributed by atoms with Gasteiger partial charge in [0.2, 0.25) is 0 Å². The number of nitro benzene ring substituents is 1. The first-order valence-electron chi connectivity index (χ1n) is 10.3. The molecule has 3 rings (SSSR count). The van der Waals surface area contributed by atoms with Crippen LogP contribution in [0.1, 0.15) is 37.0 Å². The average molecular weight is 515 g/mol. The maximum atomic E-state index is 12.6. The summed E-state index contributed by atoms with van der Waals surface area (Å²) >= 11 is 17.9. The molecular formula is C22H22Cl3N3O5. The molecule has 1 heterocycles. The molecule has 1 aliphatic rings. The number of hydrogen-bond donors (Lipinski definition) is 1. The minimum atomic E-state index is -1.20. The molecule has 33 heavy (non-hydrogen) atoms. The number of ether oxygens (including phenoxy) is 1. The molecule has 0 aliphatic carbocycles. The first kappa shape index (κ1) is 25.1. The summed E-state index contributed by atoms with van der Waals surface area (Å²) in [6.07, 6.45) is 0.810. The van der Waals surface area contributed by atoms with Crippen LogP contribution in [-0.2, 0) is 9.53 Å². The molecule has 2 aromatic carbocycles. The third kappa shape index (κ3) is 6.07. The lowest BCUT2D eigenvalue weighted by atomic mass is 9.99. The van der Waals surface area contributed by atoms with Gasteiger partial charge in [0.1, 0.15) is 5.69 Å². The Hall–Kier alpha value is -2.55. The number of hydrogen-bond acceptors (Lipinski definition) is 6. The van der Waals surface area contributed by atoms with E-state index in [1.165, 1.54) is 31.2 Å². The van der Waals surface area contributed by atoms with E-state index in [0.29, 0.717) is 24.7 Å². The van der Waals surface area contributed by atoms with Crippen molar-refractivity contribution in [1.82, 2.24) is 0 Å². The van der Waals surface area contributed by atoms with E-state index < -0.39 is 22.9 Å². The molecule has 0 bridgehead atoms. The lowest BCUT2D eigenvalue weighted by Crippen LogP contribution is -2.34. The number of nitrogens with one attached hydrogen (secondary N) is 1. The van der Waals surface area contributed by atoms with Gasteiger partial charge in [-0.1, -0.05) is 41.7 Å². The second kappa shape index (κ2) is 10.6. The Morgan fingerprint density at radius 1 is 1.18 bits per heavy atom. The SMILES string of the molecule is C[C@@H]1CCCN(c2ccc(C(=O)O[C@@H](C)C(=O)Nc3cc(Cl)c(Cl)cc3Cl)cc2[N+](=O)[O-])C1. The number of halogens is 3. The van der Waals surface area contributed by atoms with Crippen molar-refractivity contribution >= 4 is 63.7 Å². The highest BCUT2D eigenvalue weighted by molar-refractivity contribution is 6.44. The van der Waals surface area contributed by atoms with Gasteiger partial charge in [0, 0.05) is 19.2 Å². The largest absolute Gasteiger partial charge is 0.449 e. The molecule has 0 saturated carbocycles. The van der Waals surface area contributed by atoms with E-state index in [-0.39, 0.29) is 32.0 Å². The summed E-state index contributed by atoms with van der Waals surface area (Å²) in [5.74, 6) is -1.09. The van der Waals surface area contributed by atoms with Crippen LogP contribution in [0.15, 0.2) is 30.3 Å². The van der Waals surface area contributed by atoms with Gasteiger partial charge < -0.3 is 15.0 Å². The summed E-state index contributed by atoms with van der Waals surface area (Å²) in [5.41, 5.74) is 0.457. The molecule has 11 heteroatoms. The first-order valence-corrected chi connectivity index (χ1v) is 11.4. The Labute approximate surface area is 205 Å². The zero-order valence-corrected chi connectivity index (χ0v) is 20.2. The van der Waals surface area contributed by atoms with Crippen molar-refractivity contribution in [2.75, 3.05) is 23.3 Å². The molecule has 0 unspecified atom stereocenters. The van der Waals surface area contributed by atoms with Crippen LogP contribution >= 0.6 is 34.8 Å². The van der Waals surface area contributed by atoms with Crippen molar-refractivity contribution in [1.29, 1.82) is 0 Å². The zero-order valence-electron chi connectivity index (χ0n) is 17.9. The van der Waals surface area contributed by atoms with Crippen LogP contribution in [0.3, 0.4) is 0 Å². The van der Waals surface area contributed by atoms with E-state index >= 15 is 0 Å². The summed E-state index contributed by atoms with van der Waals surface area (Å²) in [6, 6.07) is 6.94. The number of rotatable bonds is 6. The highest BCUT2D eigenvalue weighted by atomic mass is 35.5. The maximum Gasteiger partial charge on any atom is 0.339 e. The number of benzene rings is 2. The van der Waals surface area contributed by atoms with E-state index in [9.17, 15) is 19.7 Å². The van der Waals surface area contributed by atoms with E-state index in [4.69, 9.17) is 39.5 Å². The van der Waals surface area contributed by atoms with E-state index in [1.54, 1.807) is 6.07 Å². The first-order chi connectivity index (χ1) is 15.6. The Kier molecular flexibility index (Phi) is 8.05. The van der Waals surface area contributed by atoms with Crippen molar-refractivity contribution in [3.8, 4) is 0 Å². The van der Waals surface area contributed by atoms with Gasteiger partial charge in [-0.15, -0.1) is 0 Å². The Morgan fingerprint density at radius 2 is 1.88 bits per heavy atom. The van der Waals surface area contributed by atoms with Gasteiger partial charge in [0.25, 0.3) is 11.6 Å². The number of nitrogens with zero attached hydrogens (tertiary/aromatic N) is 2. The third-order valence-electron chi connectivity index (χ3n) is 5.33. The number of amides is 1. The topological polar surface area (TPSA) is 102 Å². The molecule has 8 nitrogen and oxygen atoms in total. The van der Waals surface area contributed by atoms with Crippen LogP contribution in [0, 0.1) is 16.0 Å². The van der Waals surface area contributed by atoms with Crippen molar-refractivity contribution in [3.05, 3.63) is 61.1 Å². The van der Waals surface area contributed by atoms with Crippen molar-refractivity contribution in [2.45, 2.75) is 32.8 Å². The molecule has 2 atom stereocenters. The number of carbonyl (C=O) groups is 2. The number of nitro groups is 1. The van der Waals surface area contributed by atoms with E-state index in [1.807, 2.05) is 4.90 Å². The maximum absolute atomic E-state index is 12.6. The molecule has 1 amide bonds. The fraction of sp³-hybridized carbons (Fsp3) is 0.364. The second-order valence-electron chi connectivity index (χ2n) is 7.94. The monoisotopic (exact) mass is 513 g/mol. The number of piperidine rings is 1. The van der Waals surface area contributed by atoms with Crippen molar-refractivity contribution in [2.24, 2.45) is 5.92 Å². The van der Waals surface area contributed by atoms with E-state index in [0.717, 1.165) is 12.8 Å². The second-order valence-corrected chi connectivity index (χ2v) is 9.16. The molecule has 1 aliphatic heterocycles. The smallest absolute Gasteiger partial charge is 0.339 e. The summed E-state index contributed by atoms with van der Waals surface area (Å²) in [5, 5.41) is 14.8. The fourth-order valence-corrected chi connectivity index (χ4v) is 4.20. The minimum absolute atomic E-state index is 0.0253. The predicted molar refractivity (Wildman–Crippen MR) is 129 cm³/mol. The summed E-state index contributed by atoms with van der Waals surface area (Å²) in [6.45, 7) is 4.89. The Morgan fingerprint density at radius 3 is 2.55 bits per heavy atom. The number of carbonyl (C=O) groups excluding carboxylic acids is 2. The van der Waals surface area contributed by atoms with Gasteiger partial charge in [0.05, 0.1) is 31.2 Å². The lowest BCUT2D eigenvalue weighted by Gasteiger charge is -2.32. The highest BCUT2D eigenvalue weighted by Crippen LogP contribution is 2.34. The number of anilines is 2. The van der Waals surface area contributed by atoms with Crippen LogP contribution in [0.4, 0.5) is 17.1 Å². The van der Waals surface area contributed by atoms with Crippen LogP contribution < -0.4 is 10.2 Å². The number of esters is 1. The molecule has 176 valence electrons. The minimum Gasteiger partial charge on any atom is -0.449 e. The van der Waals surface area contributed by atoms with Gasteiger partial charge in [-0.2, -0.15) is 0 Å². The van der Waals surface area contributed by atoms with Gasteiger partial charge in [0.15, 0.2) is 6.10 Å². The quantitative estimate of drug-likeness (QED) is 0.220. The molecule has 0 spiro atoms. The molecule has 1 fully saturated rings. The van der Waals surface area contributed by atoms with E-state index in [2.05, 4.69) is 12.2 Å². The van der Waals surface area contributed by atoms with Gasteiger partial charge in [-0.3, -0.25) is 14.9 Å². The van der Waals surface area contributed by atoms with Gasteiger partial charge in [-0.05, 0) is 49.9 Å². The summed E-state index contributed by atoms with van der Waals surface area (Å²) in [4.78, 5) is 38.1. The molecular weight excluding hydrogens is 493 g/mol. The molecule has 1 saturated heterocycles. The zero-order chi connectivity index (χ0) is 24.3. The molecule has 2 aromatic rings. The summed E-state index contributed by atoms with van der Waals surface area (Å²) < 4.78 is 5.21. The Balaban J connectivity index is 1.72. The molecule has 1 N–H and O–H groups in total. The summed E-state index contributed by atoms with van der Waals surface area (Å²) in [7, 11) is 0. The van der Waals surface area contributed by atoms with Crippen LogP contribution in [0.2, 0.25) is 15.1 Å². The van der Waals surface area contributed by atoms with Crippen molar-refractivity contribution in [3.63, 3.8) is 0 Å². The van der Waals surface area contributed by atoms with Crippen LogP contribution in [0.25, 0.3) is 0 Å². The normalized spacial score (nSPS) is 16.8. The lowest BCUT2D eigenvalue weighted by molar-refractivity contribution is -0.384. The van der Waals surface area contributed by atoms with Gasteiger partial charge >= 0.3 is 5.97 Å². The predicted octanol–water partition coefficient (Wildman–Crippen LogP) is 5.98. The third-order valence-corrected chi connectivity index (χ3v) is 6.36. The van der Waals surface area contributed by atoms with Gasteiger partial charge in [-0.25, -0.2) is 4.79 Å².